The molecule has 2 rings (SSSR count). The van der Waals surface area contributed by atoms with Crippen LogP contribution in [0.1, 0.15) is 52.9 Å². The summed E-state index contributed by atoms with van der Waals surface area (Å²) in [6.07, 6.45) is 7.03. The molecular formula is C15H30N2. The SMILES string of the molecule is CCC1CCN(C(C)C(C)CNC2CC2)CC1. The quantitative estimate of drug-likeness (QED) is 0.765. The molecule has 2 fully saturated rings. The third-order valence-corrected chi connectivity index (χ3v) is 4.93. The number of nitrogens with zero attached hydrogens (tertiary/aromatic N) is 1. The molecule has 1 aliphatic heterocycles. The minimum atomic E-state index is 0.749. The fourth-order valence-electron chi connectivity index (χ4n) is 2.94. The third-order valence-electron chi connectivity index (χ3n) is 4.93. The van der Waals surface area contributed by atoms with Crippen LogP contribution in [0.3, 0.4) is 0 Å². The molecule has 0 amide bonds. The summed E-state index contributed by atoms with van der Waals surface area (Å²) in [5, 5.41) is 3.67. The van der Waals surface area contributed by atoms with Gasteiger partial charge in [-0.25, -0.2) is 0 Å². The Morgan fingerprint density at radius 1 is 1.12 bits per heavy atom. The Morgan fingerprint density at radius 2 is 1.76 bits per heavy atom. The number of likely N-dealkylation sites (tertiary alicyclic amines) is 1. The summed E-state index contributed by atoms with van der Waals surface area (Å²) in [6.45, 7) is 11.0. The second kappa shape index (κ2) is 6.19. The molecule has 17 heavy (non-hydrogen) atoms. The van der Waals surface area contributed by atoms with Crippen LogP contribution in [-0.4, -0.2) is 36.6 Å². The first-order valence-electron chi connectivity index (χ1n) is 7.68. The van der Waals surface area contributed by atoms with Gasteiger partial charge in [-0.15, -0.1) is 0 Å². The Morgan fingerprint density at radius 3 is 2.29 bits per heavy atom. The maximum atomic E-state index is 3.67. The zero-order valence-electron chi connectivity index (χ0n) is 11.9. The second-order valence-electron chi connectivity index (χ2n) is 6.29. The predicted molar refractivity (Wildman–Crippen MR) is 74.2 cm³/mol. The lowest BCUT2D eigenvalue weighted by molar-refractivity contribution is 0.108. The second-order valence-corrected chi connectivity index (χ2v) is 6.29. The molecule has 0 aromatic carbocycles. The molecule has 0 aromatic rings. The van der Waals surface area contributed by atoms with Crippen molar-refractivity contribution in [2.24, 2.45) is 11.8 Å². The normalized spacial score (nSPS) is 27.0. The Labute approximate surface area is 107 Å². The van der Waals surface area contributed by atoms with Crippen LogP contribution in [0.25, 0.3) is 0 Å². The van der Waals surface area contributed by atoms with Crippen LogP contribution in [0.4, 0.5) is 0 Å². The van der Waals surface area contributed by atoms with Crippen LogP contribution in [0.2, 0.25) is 0 Å². The topological polar surface area (TPSA) is 15.3 Å². The van der Waals surface area contributed by atoms with Gasteiger partial charge >= 0.3 is 0 Å². The van der Waals surface area contributed by atoms with Gasteiger partial charge in [0.1, 0.15) is 0 Å². The number of piperidine rings is 1. The molecule has 1 saturated carbocycles. The largest absolute Gasteiger partial charge is 0.314 e. The number of rotatable bonds is 6. The molecule has 0 aromatic heterocycles. The van der Waals surface area contributed by atoms with E-state index < -0.39 is 0 Å². The predicted octanol–water partition coefficient (Wildman–Crippen LogP) is 2.89. The lowest BCUT2D eigenvalue weighted by atomic mass is 9.91. The standard InChI is InChI=1S/C15H30N2/c1-4-14-7-9-17(10-8-14)13(3)12(2)11-16-15-5-6-15/h12-16H,4-11H2,1-3H3. The smallest absolute Gasteiger partial charge is 0.0105 e. The summed E-state index contributed by atoms with van der Waals surface area (Å²) in [6, 6.07) is 1.61. The van der Waals surface area contributed by atoms with Crippen molar-refractivity contribution in [2.45, 2.75) is 65.0 Å². The van der Waals surface area contributed by atoms with E-state index in [2.05, 4.69) is 31.0 Å². The van der Waals surface area contributed by atoms with Crippen LogP contribution in [0, 0.1) is 11.8 Å². The highest BCUT2D eigenvalue weighted by atomic mass is 15.2. The molecule has 2 nitrogen and oxygen atoms in total. The number of hydrogen-bond donors (Lipinski definition) is 1. The van der Waals surface area contributed by atoms with Crippen molar-refractivity contribution >= 4 is 0 Å². The first kappa shape index (κ1) is 13.4. The minimum absolute atomic E-state index is 0.749. The van der Waals surface area contributed by atoms with Gasteiger partial charge in [-0.3, -0.25) is 0 Å². The molecular weight excluding hydrogens is 208 g/mol. The van der Waals surface area contributed by atoms with Crippen molar-refractivity contribution in [1.29, 1.82) is 0 Å². The average Bonchev–Trinajstić information content (AvgIpc) is 3.19. The van der Waals surface area contributed by atoms with Crippen LogP contribution in [-0.2, 0) is 0 Å². The first-order chi connectivity index (χ1) is 8.20. The molecule has 2 atom stereocenters. The van der Waals surface area contributed by atoms with Gasteiger partial charge in [0.2, 0.25) is 0 Å². The summed E-state index contributed by atoms with van der Waals surface area (Å²) >= 11 is 0. The van der Waals surface area contributed by atoms with Crippen LogP contribution >= 0.6 is 0 Å². The molecule has 1 N–H and O–H groups in total. The van der Waals surface area contributed by atoms with Gasteiger partial charge in [0.25, 0.3) is 0 Å². The zero-order valence-corrected chi connectivity index (χ0v) is 11.9. The Balaban J connectivity index is 1.68. The molecule has 2 heteroatoms. The van der Waals surface area contributed by atoms with E-state index in [9.17, 15) is 0 Å². The number of nitrogens with one attached hydrogen (secondary N) is 1. The van der Waals surface area contributed by atoms with Crippen molar-refractivity contribution in [3.63, 3.8) is 0 Å². The van der Waals surface area contributed by atoms with Gasteiger partial charge in [0, 0.05) is 12.1 Å². The highest BCUT2D eigenvalue weighted by molar-refractivity contribution is 4.84. The monoisotopic (exact) mass is 238 g/mol. The van der Waals surface area contributed by atoms with Crippen molar-refractivity contribution in [2.75, 3.05) is 19.6 Å². The Kier molecular flexibility index (Phi) is 4.87. The first-order valence-corrected chi connectivity index (χ1v) is 7.68. The van der Waals surface area contributed by atoms with E-state index in [4.69, 9.17) is 0 Å². The summed E-state index contributed by atoms with van der Waals surface area (Å²) in [7, 11) is 0. The van der Waals surface area contributed by atoms with E-state index in [0.717, 1.165) is 23.9 Å². The lowest BCUT2D eigenvalue weighted by Crippen LogP contribution is -2.45. The maximum absolute atomic E-state index is 3.67. The van der Waals surface area contributed by atoms with E-state index in [1.165, 1.54) is 51.7 Å². The van der Waals surface area contributed by atoms with Crippen molar-refractivity contribution in [3.05, 3.63) is 0 Å². The molecule has 0 bridgehead atoms. The van der Waals surface area contributed by atoms with Crippen LogP contribution < -0.4 is 5.32 Å². The van der Waals surface area contributed by atoms with E-state index in [-0.39, 0.29) is 0 Å². The minimum Gasteiger partial charge on any atom is -0.314 e. The summed E-state index contributed by atoms with van der Waals surface area (Å²) < 4.78 is 0. The molecule has 1 heterocycles. The third kappa shape index (κ3) is 3.96. The highest BCUT2D eigenvalue weighted by Gasteiger charge is 2.26. The molecule has 2 aliphatic rings. The van der Waals surface area contributed by atoms with E-state index in [1.807, 2.05) is 0 Å². The Hall–Kier alpha value is -0.0800. The summed E-state index contributed by atoms with van der Waals surface area (Å²) in [5.74, 6) is 1.78. The van der Waals surface area contributed by atoms with Gasteiger partial charge in [0.15, 0.2) is 0 Å². The van der Waals surface area contributed by atoms with Gasteiger partial charge in [-0.2, -0.15) is 0 Å². The van der Waals surface area contributed by atoms with Crippen molar-refractivity contribution < 1.29 is 0 Å². The van der Waals surface area contributed by atoms with E-state index >= 15 is 0 Å². The van der Waals surface area contributed by atoms with Crippen LogP contribution in [0.5, 0.6) is 0 Å². The highest BCUT2D eigenvalue weighted by Crippen LogP contribution is 2.24. The lowest BCUT2D eigenvalue weighted by Gasteiger charge is -2.38. The maximum Gasteiger partial charge on any atom is 0.0105 e. The van der Waals surface area contributed by atoms with Crippen molar-refractivity contribution in [1.82, 2.24) is 10.2 Å². The fourth-order valence-corrected chi connectivity index (χ4v) is 2.94. The molecule has 100 valence electrons. The molecule has 0 radical (unpaired) electrons. The summed E-state index contributed by atoms with van der Waals surface area (Å²) in [4.78, 5) is 2.71. The zero-order chi connectivity index (χ0) is 12.3. The van der Waals surface area contributed by atoms with Crippen LogP contribution in [0.15, 0.2) is 0 Å². The Bertz CT molecular complexity index is 217. The van der Waals surface area contributed by atoms with Crippen molar-refractivity contribution in [3.8, 4) is 0 Å². The summed E-state index contributed by atoms with van der Waals surface area (Å²) in [5.41, 5.74) is 0. The molecule has 2 unspecified atom stereocenters. The number of hydrogen-bond acceptors (Lipinski definition) is 2. The molecule has 0 spiro atoms. The van der Waals surface area contributed by atoms with Gasteiger partial charge in [0.05, 0.1) is 0 Å². The van der Waals surface area contributed by atoms with E-state index in [1.54, 1.807) is 0 Å². The van der Waals surface area contributed by atoms with Gasteiger partial charge < -0.3 is 10.2 Å². The average molecular weight is 238 g/mol. The van der Waals surface area contributed by atoms with Gasteiger partial charge in [-0.05, 0) is 64.1 Å². The van der Waals surface area contributed by atoms with Gasteiger partial charge in [-0.1, -0.05) is 20.3 Å². The molecule has 1 saturated heterocycles. The van der Waals surface area contributed by atoms with E-state index in [0.29, 0.717) is 0 Å². The fraction of sp³-hybridized carbons (Fsp3) is 1.00. The molecule has 1 aliphatic carbocycles.